The SMILES string of the molecule is CC1(F)CC(N)(C2CCS(=O)(=O)CC2)C1. The average molecular weight is 235 g/mol. The Hall–Kier alpha value is -0.160. The maximum absolute atomic E-state index is 13.4. The highest BCUT2D eigenvalue weighted by molar-refractivity contribution is 7.91. The van der Waals surface area contributed by atoms with Crippen molar-refractivity contribution in [3.8, 4) is 0 Å². The molecule has 0 aromatic heterocycles. The van der Waals surface area contributed by atoms with Crippen LogP contribution in [0.3, 0.4) is 0 Å². The average Bonchev–Trinajstić information content (AvgIpc) is 1.99. The van der Waals surface area contributed by atoms with Crippen molar-refractivity contribution in [3.05, 3.63) is 0 Å². The van der Waals surface area contributed by atoms with Gasteiger partial charge in [0.05, 0.1) is 11.5 Å². The van der Waals surface area contributed by atoms with Crippen molar-refractivity contribution < 1.29 is 12.8 Å². The van der Waals surface area contributed by atoms with Crippen LogP contribution in [0.2, 0.25) is 0 Å². The van der Waals surface area contributed by atoms with E-state index in [1.165, 1.54) is 0 Å². The molecule has 0 unspecified atom stereocenters. The number of hydrogen-bond donors (Lipinski definition) is 1. The van der Waals surface area contributed by atoms with Crippen molar-refractivity contribution in [2.45, 2.75) is 43.8 Å². The fourth-order valence-corrected chi connectivity index (χ4v) is 4.57. The van der Waals surface area contributed by atoms with E-state index < -0.39 is 21.0 Å². The number of nitrogens with two attached hydrogens (primary N) is 1. The van der Waals surface area contributed by atoms with Gasteiger partial charge in [-0.05, 0) is 38.5 Å². The van der Waals surface area contributed by atoms with Crippen molar-refractivity contribution in [3.63, 3.8) is 0 Å². The van der Waals surface area contributed by atoms with Gasteiger partial charge in [0.15, 0.2) is 0 Å². The standard InChI is InChI=1S/C10H18FNO2S/c1-9(11)6-10(12,7-9)8-2-4-15(13,14)5-3-8/h8H,2-7,12H2,1H3. The van der Waals surface area contributed by atoms with Gasteiger partial charge in [0.25, 0.3) is 0 Å². The van der Waals surface area contributed by atoms with Gasteiger partial charge in [0, 0.05) is 5.54 Å². The molecule has 2 rings (SSSR count). The van der Waals surface area contributed by atoms with Crippen LogP contribution >= 0.6 is 0 Å². The van der Waals surface area contributed by atoms with E-state index in [4.69, 9.17) is 5.73 Å². The molecular weight excluding hydrogens is 217 g/mol. The number of alkyl halides is 1. The van der Waals surface area contributed by atoms with E-state index in [1.54, 1.807) is 6.92 Å². The lowest BCUT2D eigenvalue weighted by Crippen LogP contribution is -2.63. The summed E-state index contributed by atoms with van der Waals surface area (Å²) in [6.45, 7) is 1.57. The van der Waals surface area contributed by atoms with E-state index in [0.717, 1.165) is 0 Å². The molecule has 1 aliphatic heterocycles. The summed E-state index contributed by atoms with van der Waals surface area (Å²) in [6.07, 6.45) is 1.97. The maximum atomic E-state index is 13.4. The first-order valence-corrected chi connectivity index (χ1v) is 7.23. The molecule has 2 fully saturated rings. The van der Waals surface area contributed by atoms with Gasteiger partial charge in [-0.3, -0.25) is 0 Å². The quantitative estimate of drug-likeness (QED) is 0.738. The maximum Gasteiger partial charge on any atom is 0.150 e. The van der Waals surface area contributed by atoms with Crippen molar-refractivity contribution in [1.29, 1.82) is 0 Å². The summed E-state index contributed by atoms with van der Waals surface area (Å²) < 4.78 is 35.9. The Morgan fingerprint density at radius 2 is 1.73 bits per heavy atom. The third-order valence-corrected chi connectivity index (χ3v) is 5.48. The Labute approximate surface area is 90.1 Å². The van der Waals surface area contributed by atoms with E-state index >= 15 is 0 Å². The van der Waals surface area contributed by atoms with Gasteiger partial charge < -0.3 is 5.73 Å². The second-order valence-corrected chi connectivity index (χ2v) is 7.73. The number of sulfone groups is 1. The fourth-order valence-electron chi connectivity index (χ4n) is 3.07. The molecule has 0 aromatic rings. The molecule has 0 bridgehead atoms. The van der Waals surface area contributed by atoms with Crippen LogP contribution in [0.5, 0.6) is 0 Å². The van der Waals surface area contributed by atoms with E-state index in [9.17, 15) is 12.8 Å². The topological polar surface area (TPSA) is 60.2 Å². The van der Waals surface area contributed by atoms with Crippen molar-refractivity contribution in [2.75, 3.05) is 11.5 Å². The molecule has 1 saturated heterocycles. The summed E-state index contributed by atoms with van der Waals surface area (Å²) in [6, 6.07) is 0. The molecule has 0 radical (unpaired) electrons. The highest BCUT2D eigenvalue weighted by atomic mass is 32.2. The minimum atomic E-state index is -2.84. The zero-order chi connectivity index (χ0) is 11.3. The molecule has 0 spiro atoms. The molecule has 3 nitrogen and oxygen atoms in total. The molecule has 1 saturated carbocycles. The van der Waals surface area contributed by atoms with E-state index in [2.05, 4.69) is 0 Å². The molecule has 0 aromatic carbocycles. The molecule has 5 heteroatoms. The summed E-state index contributed by atoms with van der Waals surface area (Å²) in [5, 5.41) is 0. The van der Waals surface area contributed by atoms with Crippen LogP contribution in [0.1, 0.15) is 32.6 Å². The van der Waals surface area contributed by atoms with Crippen LogP contribution in [0.25, 0.3) is 0 Å². The minimum Gasteiger partial charge on any atom is -0.325 e. The van der Waals surface area contributed by atoms with Crippen LogP contribution in [-0.4, -0.2) is 31.1 Å². The second-order valence-electron chi connectivity index (χ2n) is 5.43. The third kappa shape index (κ3) is 2.18. The van der Waals surface area contributed by atoms with Gasteiger partial charge >= 0.3 is 0 Å². The van der Waals surface area contributed by atoms with Crippen molar-refractivity contribution in [1.82, 2.24) is 0 Å². The Morgan fingerprint density at radius 3 is 2.13 bits per heavy atom. The van der Waals surface area contributed by atoms with Crippen LogP contribution in [-0.2, 0) is 9.84 Å². The monoisotopic (exact) mass is 235 g/mol. The summed E-state index contributed by atoms with van der Waals surface area (Å²) in [4.78, 5) is 0. The van der Waals surface area contributed by atoms with Gasteiger partial charge in [0.2, 0.25) is 0 Å². The minimum absolute atomic E-state index is 0.185. The molecule has 0 atom stereocenters. The summed E-state index contributed by atoms with van der Waals surface area (Å²) in [7, 11) is -2.84. The highest BCUT2D eigenvalue weighted by Gasteiger charge is 2.54. The Balaban J connectivity index is 1.98. The Kier molecular flexibility index (Phi) is 2.39. The summed E-state index contributed by atoms with van der Waals surface area (Å²) in [5.74, 6) is 0.629. The molecular formula is C10H18FNO2S. The summed E-state index contributed by atoms with van der Waals surface area (Å²) in [5.41, 5.74) is 4.53. The Morgan fingerprint density at radius 1 is 1.27 bits per heavy atom. The zero-order valence-electron chi connectivity index (χ0n) is 9.00. The molecule has 2 N–H and O–H groups in total. The van der Waals surface area contributed by atoms with Crippen LogP contribution in [0, 0.1) is 5.92 Å². The third-order valence-electron chi connectivity index (χ3n) is 3.76. The molecule has 2 aliphatic rings. The van der Waals surface area contributed by atoms with Gasteiger partial charge in [-0.2, -0.15) is 0 Å². The molecule has 15 heavy (non-hydrogen) atoms. The lowest BCUT2D eigenvalue weighted by atomic mass is 9.60. The first-order valence-electron chi connectivity index (χ1n) is 5.41. The Bertz CT molecular complexity index is 342. The molecule has 1 aliphatic carbocycles. The number of hydrogen-bond acceptors (Lipinski definition) is 3. The van der Waals surface area contributed by atoms with Crippen LogP contribution in [0.4, 0.5) is 4.39 Å². The predicted octanol–water partition coefficient (Wildman–Crippen LogP) is 1.03. The first kappa shape index (κ1) is 11.3. The van der Waals surface area contributed by atoms with E-state index in [1.807, 2.05) is 0 Å². The van der Waals surface area contributed by atoms with E-state index in [-0.39, 0.29) is 17.4 Å². The normalized spacial score (nSPS) is 46.1. The molecule has 1 heterocycles. The first-order chi connectivity index (χ1) is 6.73. The fraction of sp³-hybridized carbons (Fsp3) is 1.00. The highest BCUT2D eigenvalue weighted by Crippen LogP contribution is 2.49. The lowest BCUT2D eigenvalue weighted by molar-refractivity contribution is -0.0307. The predicted molar refractivity (Wildman–Crippen MR) is 57.0 cm³/mol. The van der Waals surface area contributed by atoms with Crippen molar-refractivity contribution >= 4 is 9.84 Å². The van der Waals surface area contributed by atoms with Gasteiger partial charge in [0.1, 0.15) is 15.5 Å². The van der Waals surface area contributed by atoms with Gasteiger partial charge in [-0.1, -0.05) is 0 Å². The second kappa shape index (κ2) is 3.17. The number of halogens is 1. The van der Waals surface area contributed by atoms with Gasteiger partial charge in [-0.25, -0.2) is 12.8 Å². The number of rotatable bonds is 1. The van der Waals surface area contributed by atoms with Crippen molar-refractivity contribution in [2.24, 2.45) is 11.7 Å². The molecule has 88 valence electrons. The molecule has 0 amide bonds. The van der Waals surface area contributed by atoms with Crippen LogP contribution in [0.15, 0.2) is 0 Å². The largest absolute Gasteiger partial charge is 0.325 e. The van der Waals surface area contributed by atoms with Crippen LogP contribution < -0.4 is 5.73 Å². The van der Waals surface area contributed by atoms with E-state index in [0.29, 0.717) is 25.7 Å². The lowest BCUT2D eigenvalue weighted by Gasteiger charge is -2.53. The summed E-state index contributed by atoms with van der Waals surface area (Å²) >= 11 is 0. The zero-order valence-corrected chi connectivity index (χ0v) is 9.82. The van der Waals surface area contributed by atoms with Gasteiger partial charge in [-0.15, -0.1) is 0 Å². The smallest absolute Gasteiger partial charge is 0.150 e.